The molecule has 484 valence electrons. The Morgan fingerprint density at radius 1 is 0.620 bits per heavy atom. The number of nitrogens with zero attached hydrogens (tertiary/aromatic N) is 4. The summed E-state index contributed by atoms with van der Waals surface area (Å²) in [5, 5.41) is 46.8. The molecule has 18 heteroatoms. The quantitative estimate of drug-likeness (QED) is 0.0289. The number of amides is 4. The molecule has 0 spiro atoms. The van der Waals surface area contributed by atoms with Crippen molar-refractivity contribution in [3.05, 3.63) is 179 Å². The van der Waals surface area contributed by atoms with Gasteiger partial charge in [-0.15, -0.1) is 0 Å². The Kier molecular flexibility index (Phi) is 26.0. The van der Waals surface area contributed by atoms with E-state index in [9.17, 15) is 54.3 Å². The standard InChI is InChI=1S/C32H30N2O7.C25H28N2O4.C17H26O3/c1-18(21-7-5-4-6-8-21)17-26-28(27-19(2)29(37)33(31(27)39)22-9-13-24(36)14-10-22)32(40)34(30(26)38)23-11-15-25(16-12-23)41-20(3)35;1-17(19-6-10-24(11-7-19)31-16-25(29)30-3)12-21(13-22(15-27)18(2)14-26)20-4-8-23(28)9-5-20;1-13-5-7-15(8-6-13)14(2)9-10-17(3,4)16(19)20-12-11-18/h4-16,18-19,26-28,36H,17H2,1-3H3;4-11,17-18,21-22,28H,12-13,16H2,1-3H3;5-8,14,18H,9-12H2,1-4H3. The number of rotatable bonds is 24. The number of phenolic OH excluding ortho intramolecular Hbond substituents is 2. The van der Waals surface area contributed by atoms with Crippen molar-refractivity contribution in [3.8, 4) is 35.1 Å². The number of hydrogen-bond acceptors (Lipinski definition) is 16. The van der Waals surface area contributed by atoms with Gasteiger partial charge in [0.25, 0.3) is 0 Å². The summed E-state index contributed by atoms with van der Waals surface area (Å²) in [6, 6.07) is 48.9. The molecule has 10 unspecified atom stereocenters. The first-order valence-electron chi connectivity index (χ1n) is 30.9. The lowest BCUT2D eigenvalue weighted by Gasteiger charge is -2.25. The highest BCUT2D eigenvalue weighted by molar-refractivity contribution is 6.27. The second kappa shape index (κ2) is 33.4. The number of hydrogen-bond donors (Lipinski definition) is 3. The van der Waals surface area contributed by atoms with E-state index < -0.39 is 64.7 Å². The van der Waals surface area contributed by atoms with Gasteiger partial charge in [0.05, 0.1) is 72.2 Å². The summed E-state index contributed by atoms with van der Waals surface area (Å²) in [5.41, 5.74) is 5.76. The number of anilines is 2. The maximum atomic E-state index is 14.1. The first-order valence-corrected chi connectivity index (χ1v) is 30.9. The van der Waals surface area contributed by atoms with E-state index >= 15 is 0 Å². The number of methoxy groups -OCH3 is 1. The highest BCUT2D eigenvalue weighted by Gasteiger charge is 2.60. The summed E-state index contributed by atoms with van der Waals surface area (Å²) in [4.78, 5) is 91.8. The number of aliphatic hydroxyl groups excluding tert-OH is 1. The van der Waals surface area contributed by atoms with Crippen molar-refractivity contribution in [2.75, 3.05) is 36.7 Å². The molecule has 4 amide bonds. The first-order chi connectivity index (χ1) is 43.8. The average molecular weight is 1250 g/mol. The van der Waals surface area contributed by atoms with Gasteiger partial charge in [0.1, 0.15) is 29.6 Å². The van der Waals surface area contributed by atoms with Gasteiger partial charge in [0.15, 0.2) is 6.61 Å². The Morgan fingerprint density at radius 3 is 1.68 bits per heavy atom. The van der Waals surface area contributed by atoms with Gasteiger partial charge in [-0.1, -0.05) is 112 Å². The number of aromatic hydroxyl groups is 2. The van der Waals surface area contributed by atoms with E-state index in [4.69, 9.17) is 19.3 Å². The Morgan fingerprint density at radius 2 is 1.13 bits per heavy atom. The molecule has 2 saturated heterocycles. The molecule has 2 fully saturated rings. The number of imide groups is 2. The highest BCUT2D eigenvalue weighted by Crippen LogP contribution is 2.47. The van der Waals surface area contributed by atoms with Crippen molar-refractivity contribution >= 4 is 52.9 Å². The fraction of sp³-hybridized carbons (Fsp3) is 0.392. The Labute approximate surface area is 539 Å². The Hall–Kier alpha value is -9.65. The van der Waals surface area contributed by atoms with Crippen LogP contribution in [-0.4, -0.2) is 83.8 Å². The number of phenols is 2. The molecular formula is C74H84N4O14. The van der Waals surface area contributed by atoms with Gasteiger partial charge in [-0.05, 0) is 179 Å². The number of aliphatic hydroxyl groups is 1. The highest BCUT2D eigenvalue weighted by atomic mass is 16.6. The fourth-order valence-electron chi connectivity index (χ4n) is 11.5. The second-order valence-corrected chi connectivity index (χ2v) is 24.5. The van der Waals surface area contributed by atoms with Gasteiger partial charge in [-0.2, -0.15) is 10.5 Å². The predicted molar refractivity (Wildman–Crippen MR) is 347 cm³/mol. The zero-order chi connectivity index (χ0) is 67.4. The first kappa shape index (κ1) is 71.4. The molecule has 0 aliphatic carbocycles. The minimum Gasteiger partial charge on any atom is -0.508 e. The minimum absolute atomic E-state index is 0.0145. The van der Waals surface area contributed by atoms with E-state index in [1.54, 1.807) is 26.0 Å². The Bertz CT molecular complexity index is 3540. The molecule has 2 aliphatic heterocycles. The van der Waals surface area contributed by atoms with E-state index in [1.807, 2.05) is 87.5 Å². The van der Waals surface area contributed by atoms with Crippen molar-refractivity contribution in [2.24, 2.45) is 40.9 Å². The molecule has 2 heterocycles. The topological polar surface area (TPSA) is 271 Å². The number of benzene rings is 6. The van der Waals surface area contributed by atoms with Crippen LogP contribution in [0.4, 0.5) is 11.4 Å². The average Bonchev–Trinajstić information content (AvgIpc) is 1.58. The summed E-state index contributed by atoms with van der Waals surface area (Å²) in [6.45, 7) is 16.6. The lowest BCUT2D eigenvalue weighted by atomic mass is 9.74. The van der Waals surface area contributed by atoms with Crippen molar-refractivity contribution in [1.29, 1.82) is 10.5 Å². The fourth-order valence-corrected chi connectivity index (χ4v) is 11.5. The third kappa shape index (κ3) is 19.0. The lowest BCUT2D eigenvalue weighted by Crippen LogP contribution is -2.37. The molecule has 0 bridgehead atoms. The lowest BCUT2D eigenvalue weighted by molar-refractivity contribution is -0.155. The van der Waals surface area contributed by atoms with Crippen LogP contribution in [0.2, 0.25) is 0 Å². The van der Waals surface area contributed by atoms with E-state index in [1.165, 1.54) is 73.7 Å². The van der Waals surface area contributed by atoms with Crippen LogP contribution >= 0.6 is 0 Å². The molecule has 3 N–H and O–H groups in total. The Balaban J connectivity index is 0.000000233. The van der Waals surface area contributed by atoms with Gasteiger partial charge < -0.3 is 34.3 Å². The van der Waals surface area contributed by atoms with Crippen LogP contribution < -0.4 is 19.3 Å². The summed E-state index contributed by atoms with van der Waals surface area (Å²) in [5.74, 6) is -6.14. The third-order valence-electron chi connectivity index (χ3n) is 17.2. The maximum Gasteiger partial charge on any atom is 0.343 e. The van der Waals surface area contributed by atoms with Crippen molar-refractivity contribution < 1.29 is 67.8 Å². The number of carbonyl (C=O) groups is 7. The third-order valence-corrected chi connectivity index (χ3v) is 17.2. The van der Waals surface area contributed by atoms with Crippen LogP contribution in [0.3, 0.4) is 0 Å². The molecule has 6 aromatic rings. The summed E-state index contributed by atoms with van der Waals surface area (Å²) in [7, 11) is 1.31. The van der Waals surface area contributed by atoms with Gasteiger partial charge in [0, 0.05) is 12.8 Å². The molecule has 0 saturated carbocycles. The van der Waals surface area contributed by atoms with Crippen LogP contribution in [0.5, 0.6) is 23.0 Å². The van der Waals surface area contributed by atoms with Crippen LogP contribution in [-0.2, 0) is 43.0 Å². The monoisotopic (exact) mass is 1250 g/mol. The number of nitriles is 2. The number of ether oxygens (including phenoxy) is 4. The number of esters is 3. The van der Waals surface area contributed by atoms with Gasteiger partial charge in [-0.3, -0.25) is 38.6 Å². The van der Waals surface area contributed by atoms with Crippen molar-refractivity contribution in [2.45, 2.75) is 118 Å². The summed E-state index contributed by atoms with van der Waals surface area (Å²) in [6.07, 6.45) is 3.35. The molecule has 8 rings (SSSR count). The van der Waals surface area contributed by atoms with Crippen molar-refractivity contribution in [1.82, 2.24) is 0 Å². The molecule has 6 aromatic carbocycles. The molecular weight excluding hydrogens is 1170 g/mol. The van der Waals surface area contributed by atoms with E-state index in [0.29, 0.717) is 24.5 Å². The predicted octanol–water partition coefficient (Wildman–Crippen LogP) is 12.8. The number of aryl methyl sites for hydroxylation is 1. The van der Waals surface area contributed by atoms with Gasteiger partial charge in [-0.25, -0.2) is 4.79 Å². The van der Waals surface area contributed by atoms with Gasteiger partial charge >= 0.3 is 17.9 Å². The molecule has 92 heavy (non-hydrogen) atoms. The minimum atomic E-state index is -1.06. The van der Waals surface area contributed by atoms with Crippen LogP contribution in [0, 0.1) is 70.5 Å². The zero-order valence-corrected chi connectivity index (χ0v) is 54.0. The van der Waals surface area contributed by atoms with Crippen LogP contribution in [0.25, 0.3) is 0 Å². The largest absolute Gasteiger partial charge is 0.508 e. The maximum absolute atomic E-state index is 14.1. The van der Waals surface area contributed by atoms with E-state index in [2.05, 4.69) is 61.9 Å². The summed E-state index contributed by atoms with van der Waals surface area (Å²) >= 11 is 0. The molecule has 10 atom stereocenters. The van der Waals surface area contributed by atoms with Crippen molar-refractivity contribution in [3.63, 3.8) is 0 Å². The SMILES string of the molecule is CC(=O)Oc1ccc(N2C(=O)C(CC(C)c3ccccc3)C(C3C(=O)N(c4ccc(O)cc4)C(=O)C3C)C2=O)cc1.COC(=O)COc1ccc(C(C)CC(CC(C#N)C(C)C#N)c2ccc(O)cc2)cc1.Cc1ccc(C(C)CCC(C)(C)C(=O)OCCO)cc1. The molecule has 0 aromatic heterocycles. The molecule has 18 nitrogen and oxygen atoms in total. The van der Waals surface area contributed by atoms with E-state index in [0.717, 1.165) is 45.8 Å². The normalized spacial score (nSPS) is 18.1. The van der Waals surface area contributed by atoms with E-state index in [-0.39, 0.29) is 84.0 Å². The smallest absolute Gasteiger partial charge is 0.343 e. The van der Waals surface area contributed by atoms with Gasteiger partial charge in [0.2, 0.25) is 23.6 Å². The molecule has 0 radical (unpaired) electrons. The van der Waals surface area contributed by atoms with Crippen LogP contribution in [0.15, 0.2) is 152 Å². The molecule has 2 aliphatic rings. The second-order valence-electron chi connectivity index (χ2n) is 24.5. The summed E-state index contributed by atoms with van der Waals surface area (Å²) < 4.78 is 20.1. The van der Waals surface area contributed by atoms with Crippen LogP contribution in [0.1, 0.15) is 139 Å². The zero-order valence-electron chi connectivity index (χ0n) is 54.0. The number of carbonyl (C=O) groups excluding carboxylic acids is 7.